The first kappa shape index (κ1) is 17.4. The maximum atomic E-state index is 10.4. The first-order valence-electron chi connectivity index (χ1n) is 7.69. The number of nitrogens with zero attached hydrogens (tertiary/aromatic N) is 1. The van der Waals surface area contributed by atoms with Crippen molar-refractivity contribution in [3.05, 3.63) is 41.6 Å². The molecule has 1 amide bonds. The normalized spacial score (nSPS) is 10.2. The van der Waals surface area contributed by atoms with Gasteiger partial charge in [-0.1, -0.05) is 18.2 Å². The zero-order valence-electron chi connectivity index (χ0n) is 13.8. The molecule has 0 atom stereocenters. The highest BCUT2D eigenvalue weighted by atomic mass is 16.5. The Balaban J connectivity index is 2.11. The number of benzene rings is 1. The summed E-state index contributed by atoms with van der Waals surface area (Å²) in [6.45, 7) is 4.78. The smallest absolute Gasteiger partial charge is 0.404 e. The van der Waals surface area contributed by atoms with Crippen LogP contribution >= 0.6 is 0 Å². The molecule has 0 unspecified atom stereocenters. The molecule has 1 aromatic heterocycles. The Kier molecular flexibility index (Phi) is 5.83. The van der Waals surface area contributed by atoms with Crippen molar-refractivity contribution in [1.82, 2.24) is 10.3 Å². The SMILES string of the molecule is Cc1nc(Oc2ccccc2)c(N)c(NCCCNC(=O)O)c1C. The Labute approximate surface area is 140 Å². The third-order valence-corrected chi connectivity index (χ3v) is 3.58. The molecule has 7 nitrogen and oxygen atoms in total. The molecule has 0 fully saturated rings. The molecule has 0 aliphatic carbocycles. The molecule has 0 spiro atoms. The quantitative estimate of drug-likeness (QED) is 0.581. The lowest BCUT2D eigenvalue weighted by molar-refractivity contribution is 0.194. The second-order valence-electron chi connectivity index (χ2n) is 5.34. The van der Waals surface area contributed by atoms with Crippen LogP contribution in [0.25, 0.3) is 0 Å². The average Bonchev–Trinajstić information content (AvgIpc) is 2.56. The summed E-state index contributed by atoms with van der Waals surface area (Å²) >= 11 is 0. The molecule has 0 radical (unpaired) electrons. The molecule has 2 aromatic rings. The summed E-state index contributed by atoms with van der Waals surface area (Å²) in [5, 5.41) is 14.1. The molecule has 0 bridgehead atoms. The number of para-hydroxylation sites is 1. The van der Waals surface area contributed by atoms with Gasteiger partial charge < -0.3 is 26.2 Å². The van der Waals surface area contributed by atoms with Crippen LogP contribution in [0.1, 0.15) is 17.7 Å². The van der Waals surface area contributed by atoms with Crippen molar-refractivity contribution in [2.24, 2.45) is 0 Å². The van der Waals surface area contributed by atoms with Gasteiger partial charge >= 0.3 is 6.09 Å². The fourth-order valence-corrected chi connectivity index (χ4v) is 2.19. The Morgan fingerprint density at radius 3 is 2.62 bits per heavy atom. The molecule has 2 rings (SSSR count). The van der Waals surface area contributed by atoms with Crippen molar-refractivity contribution in [2.45, 2.75) is 20.3 Å². The number of nitrogen functional groups attached to an aromatic ring is 1. The highest BCUT2D eigenvalue weighted by molar-refractivity contribution is 5.75. The van der Waals surface area contributed by atoms with E-state index in [4.69, 9.17) is 15.6 Å². The fourth-order valence-electron chi connectivity index (χ4n) is 2.19. The van der Waals surface area contributed by atoms with Gasteiger partial charge in [-0.25, -0.2) is 9.78 Å². The molecule has 7 heteroatoms. The van der Waals surface area contributed by atoms with Crippen LogP contribution in [0.3, 0.4) is 0 Å². The number of hydrogen-bond donors (Lipinski definition) is 4. The van der Waals surface area contributed by atoms with Gasteiger partial charge in [-0.2, -0.15) is 0 Å². The van der Waals surface area contributed by atoms with Crippen molar-refractivity contribution >= 4 is 17.5 Å². The molecule has 0 aliphatic rings. The van der Waals surface area contributed by atoms with Crippen LogP contribution in [0.2, 0.25) is 0 Å². The minimum absolute atomic E-state index is 0.357. The summed E-state index contributed by atoms with van der Waals surface area (Å²) in [7, 11) is 0. The van der Waals surface area contributed by atoms with Gasteiger partial charge in [0.15, 0.2) is 0 Å². The maximum absolute atomic E-state index is 10.4. The highest BCUT2D eigenvalue weighted by Gasteiger charge is 2.14. The molecular formula is C17H22N4O3. The van der Waals surface area contributed by atoms with Crippen LogP contribution in [0.4, 0.5) is 16.2 Å². The highest BCUT2D eigenvalue weighted by Crippen LogP contribution is 2.35. The summed E-state index contributed by atoms with van der Waals surface area (Å²) in [5.74, 6) is 1.02. The fraction of sp³-hybridized carbons (Fsp3) is 0.294. The van der Waals surface area contributed by atoms with Gasteiger partial charge in [0.05, 0.1) is 5.69 Å². The van der Waals surface area contributed by atoms with Gasteiger partial charge in [0.25, 0.3) is 0 Å². The summed E-state index contributed by atoms with van der Waals surface area (Å²) in [5.41, 5.74) is 9.17. The number of aryl methyl sites for hydroxylation is 1. The standard InChI is InChI=1S/C17H22N4O3/c1-11-12(2)21-16(24-13-7-4-3-5-8-13)14(18)15(11)19-9-6-10-20-17(22)23/h3-5,7-8,20H,6,9-10,18H2,1-2H3,(H,19,21)(H,22,23). The van der Waals surface area contributed by atoms with E-state index < -0.39 is 6.09 Å². The molecule has 1 heterocycles. The van der Waals surface area contributed by atoms with Crippen molar-refractivity contribution < 1.29 is 14.6 Å². The number of rotatable bonds is 7. The molecule has 0 saturated carbocycles. The molecule has 0 saturated heterocycles. The Morgan fingerprint density at radius 2 is 1.96 bits per heavy atom. The van der Waals surface area contributed by atoms with E-state index in [1.54, 1.807) is 0 Å². The van der Waals surface area contributed by atoms with Crippen molar-refractivity contribution in [3.8, 4) is 11.6 Å². The Bertz CT molecular complexity index is 705. The number of pyridine rings is 1. The predicted molar refractivity (Wildman–Crippen MR) is 93.8 cm³/mol. The molecule has 0 aliphatic heterocycles. The van der Waals surface area contributed by atoms with E-state index in [9.17, 15) is 4.79 Å². The van der Waals surface area contributed by atoms with E-state index in [0.29, 0.717) is 36.8 Å². The zero-order chi connectivity index (χ0) is 17.5. The monoisotopic (exact) mass is 330 g/mol. The van der Waals surface area contributed by atoms with Gasteiger partial charge in [0, 0.05) is 18.8 Å². The van der Waals surface area contributed by atoms with Gasteiger partial charge in [0.2, 0.25) is 5.88 Å². The van der Waals surface area contributed by atoms with Crippen molar-refractivity contribution in [3.63, 3.8) is 0 Å². The van der Waals surface area contributed by atoms with E-state index >= 15 is 0 Å². The van der Waals surface area contributed by atoms with Crippen LogP contribution in [0, 0.1) is 13.8 Å². The molecular weight excluding hydrogens is 308 g/mol. The van der Waals surface area contributed by atoms with E-state index in [2.05, 4.69) is 15.6 Å². The van der Waals surface area contributed by atoms with E-state index in [-0.39, 0.29) is 0 Å². The molecule has 5 N–H and O–H groups in total. The first-order valence-corrected chi connectivity index (χ1v) is 7.69. The maximum Gasteiger partial charge on any atom is 0.404 e. The zero-order valence-corrected chi connectivity index (χ0v) is 13.8. The predicted octanol–water partition coefficient (Wildman–Crippen LogP) is 3.14. The Morgan fingerprint density at radius 1 is 1.25 bits per heavy atom. The van der Waals surface area contributed by atoms with Gasteiger partial charge in [0.1, 0.15) is 11.4 Å². The number of nitrogens with two attached hydrogens (primary N) is 1. The number of amides is 1. The molecule has 24 heavy (non-hydrogen) atoms. The van der Waals surface area contributed by atoms with Crippen LogP contribution in [0.15, 0.2) is 30.3 Å². The van der Waals surface area contributed by atoms with Crippen molar-refractivity contribution in [2.75, 3.05) is 24.1 Å². The lowest BCUT2D eigenvalue weighted by Gasteiger charge is -2.17. The van der Waals surface area contributed by atoms with Crippen LogP contribution < -0.4 is 21.1 Å². The molecule has 128 valence electrons. The number of ether oxygens (including phenoxy) is 1. The lowest BCUT2D eigenvalue weighted by Crippen LogP contribution is -2.23. The number of carboxylic acid groups (broad SMARTS) is 1. The van der Waals surface area contributed by atoms with E-state index in [0.717, 1.165) is 16.9 Å². The van der Waals surface area contributed by atoms with Gasteiger partial charge in [-0.3, -0.25) is 0 Å². The topological polar surface area (TPSA) is 110 Å². The Hall–Kier alpha value is -2.96. The molecule has 1 aromatic carbocycles. The van der Waals surface area contributed by atoms with Crippen LogP contribution in [0.5, 0.6) is 11.6 Å². The van der Waals surface area contributed by atoms with Crippen LogP contribution in [-0.2, 0) is 0 Å². The number of aromatic nitrogens is 1. The lowest BCUT2D eigenvalue weighted by atomic mass is 10.1. The second kappa shape index (κ2) is 8.05. The second-order valence-corrected chi connectivity index (χ2v) is 5.34. The number of carbonyl (C=O) groups is 1. The minimum atomic E-state index is -1.02. The van der Waals surface area contributed by atoms with Crippen molar-refractivity contribution in [1.29, 1.82) is 0 Å². The summed E-state index contributed by atoms with van der Waals surface area (Å²) in [4.78, 5) is 14.8. The number of hydrogen-bond acceptors (Lipinski definition) is 5. The third-order valence-electron chi connectivity index (χ3n) is 3.58. The van der Waals surface area contributed by atoms with E-state index in [1.165, 1.54) is 0 Å². The summed E-state index contributed by atoms with van der Waals surface area (Å²) < 4.78 is 5.78. The summed E-state index contributed by atoms with van der Waals surface area (Å²) in [6.07, 6.45) is -0.384. The van der Waals surface area contributed by atoms with Gasteiger partial charge in [-0.15, -0.1) is 0 Å². The average molecular weight is 330 g/mol. The first-order chi connectivity index (χ1) is 11.5. The minimum Gasteiger partial charge on any atom is -0.465 e. The van der Waals surface area contributed by atoms with E-state index in [1.807, 2.05) is 44.2 Å². The third kappa shape index (κ3) is 4.52. The summed E-state index contributed by atoms with van der Waals surface area (Å²) in [6, 6.07) is 9.33. The van der Waals surface area contributed by atoms with Gasteiger partial charge in [-0.05, 0) is 38.0 Å². The number of nitrogens with one attached hydrogen (secondary N) is 2. The number of anilines is 2. The van der Waals surface area contributed by atoms with Crippen LogP contribution in [-0.4, -0.2) is 29.3 Å². The largest absolute Gasteiger partial charge is 0.465 e.